The minimum absolute atomic E-state index is 0.186. The predicted molar refractivity (Wildman–Crippen MR) is 135 cm³/mol. The molecule has 6 nitrogen and oxygen atoms in total. The van der Waals surface area contributed by atoms with Crippen LogP contribution in [0, 0.1) is 10.5 Å². The Labute approximate surface area is 205 Å². The zero-order chi connectivity index (χ0) is 23.1. The Morgan fingerprint density at radius 1 is 1.12 bits per heavy atom. The van der Waals surface area contributed by atoms with Gasteiger partial charge in [0.25, 0.3) is 11.1 Å². The summed E-state index contributed by atoms with van der Waals surface area (Å²) in [6.45, 7) is 8.81. The van der Waals surface area contributed by atoms with Gasteiger partial charge in [-0.05, 0) is 84.1 Å². The maximum Gasteiger partial charge on any atom is 0.293 e. The van der Waals surface area contributed by atoms with E-state index in [9.17, 15) is 9.59 Å². The minimum Gasteiger partial charge on any atom is -0.492 e. The number of hydrogen-bond donors (Lipinski definition) is 0. The lowest BCUT2D eigenvalue weighted by atomic mass is 10.2. The number of benzene rings is 2. The Bertz CT molecular complexity index is 1040. The molecule has 168 valence electrons. The lowest BCUT2D eigenvalue weighted by Gasteiger charge is -2.14. The molecule has 0 bridgehead atoms. The molecule has 1 saturated heterocycles. The lowest BCUT2D eigenvalue weighted by molar-refractivity contribution is -0.123. The molecule has 2 amide bonds. The first-order valence-corrected chi connectivity index (χ1v) is 12.0. The first-order chi connectivity index (χ1) is 15.4. The Morgan fingerprint density at radius 3 is 2.56 bits per heavy atom. The van der Waals surface area contributed by atoms with Gasteiger partial charge in [-0.2, -0.15) is 0 Å². The number of nitrogens with zero attached hydrogens (tertiary/aromatic N) is 1. The third kappa shape index (κ3) is 6.07. The normalized spacial score (nSPS) is 14.7. The second-order valence-electron chi connectivity index (χ2n) is 6.86. The van der Waals surface area contributed by atoms with Crippen LogP contribution in [0.1, 0.15) is 18.1 Å². The average Bonchev–Trinajstić information content (AvgIpc) is 3.02. The highest BCUT2D eigenvalue weighted by atomic mass is 127. The van der Waals surface area contributed by atoms with Gasteiger partial charge in [0.2, 0.25) is 0 Å². The third-order valence-electron chi connectivity index (χ3n) is 4.45. The van der Waals surface area contributed by atoms with Gasteiger partial charge in [0.15, 0.2) is 11.5 Å². The predicted octanol–water partition coefficient (Wildman–Crippen LogP) is 5.68. The summed E-state index contributed by atoms with van der Waals surface area (Å²) in [7, 11) is 0. The summed E-state index contributed by atoms with van der Waals surface area (Å²) < 4.78 is 17.9. The lowest BCUT2D eigenvalue weighted by Crippen LogP contribution is -2.32. The van der Waals surface area contributed by atoms with Gasteiger partial charge in [0, 0.05) is 0 Å². The number of halogens is 1. The molecule has 2 aromatic carbocycles. The van der Waals surface area contributed by atoms with E-state index < -0.39 is 0 Å². The van der Waals surface area contributed by atoms with Crippen LogP contribution in [0.15, 0.2) is 54.0 Å². The molecule has 1 aliphatic rings. The quantitative estimate of drug-likeness (QED) is 0.210. The van der Waals surface area contributed by atoms with E-state index in [1.807, 2.05) is 44.2 Å². The first kappa shape index (κ1) is 24.2. The molecule has 32 heavy (non-hydrogen) atoms. The van der Waals surface area contributed by atoms with Gasteiger partial charge in [-0.25, -0.2) is 0 Å². The fraction of sp³-hybridized carbons (Fsp3) is 0.250. The molecule has 0 radical (unpaired) electrons. The number of carbonyl (C=O) groups excluding carboxylic acids is 2. The van der Waals surface area contributed by atoms with E-state index in [1.54, 1.807) is 18.2 Å². The Kier molecular flexibility index (Phi) is 8.63. The van der Waals surface area contributed by atoms with Crippen molar-refractivity contribution in [3.05, 3.63) is 68.7 Å². The summed E-state index contributed by atoms with van der Waals surface area (Å²) in [4.78, 5) is 26.8. The second kappa shape index (κ2) is 11.4. The maximum absolute atomic E-state index is 12.8. The van der Waals surface area contributed by atoms with Crippen LogP contribution >= 0.6 is 34.4 Å². The van der Waals surface area contributed by atoms with Crippen LogP contribution in [0.25, 0.3) is 6.08 Å². The van der Waals surface area contributed by atoms with Crippen molar-refractivity contribution in [3.8, 4) is 17.2 Å². The van der Waals surface area contributed by atoms with Crippen molar-refractivity contribution in [1.82, 2.24) is 4.90 Å². The van der Waals surface area contributed by atoms with Crippen LogP contribution in [0.2, 0.25) is 0 Å². The maximum atomic E-state index is 12.8. The number of hydrogen-bond acceptors (Lipinski definition) is 6. The summed E-state index contributed by atoms with van der Waals surface area (Å²) in [5.41, 5.74) is 1.89. The van der Waals surface area contributed by atoms with E-state index >= 15 is 0 Å². The minimum atomic E-state index is -0.326. The smallest absolute Gasteiger partial charge is 0.293 e. The molecule has 0 unspecified atom stereocenters. The van der Waals surface area contributed by atoms with Crippen molar-refractivity contribution in [2.75, 3.05) is 26.4 Å². The van der Waals surface area contributed by atoms with Crippen LogP contribution in [-0.2, 0) is 4.79 Å². The van der Waals surface area contributed by atoms with Crippen LogP contribution in [0.4, 0.5) is 4.79 Å². The van der Waals surface area contributed by atoms with Crippen LogP contribution in [0.5, 0.6) is 17.2 Å². The third-order valence-corrected chi connectivity index (χ3v) is 6.16. The van der Waals surface area contributed by atoms with E-state index in [4.69, 9.17) is 14.2 Å². The van der Waals surface area contributed by atoms with Gasteiger partial charge in [-0.1, -0.05) is 30.4 Å². The van der Waals surface area contributed by atoms with E-state index in [0.717, 1.165) is 26.5 Å². The molecular formula is C24H24INO5S. The Balaban J connectivity index is 1.71. The SMILES string of the molecule is C=CCOc1c(I)cc(/C=C2\SC(=O)N(CCOc3ccc(C)cc3)C2=O)cc1OCC. The van der Waals surface area contributed by atoms with Crippen molar-refractivity contribution < 1.29 is 23.8 Å². The fourth-order valence-electron chi connectivity index (χ4n) is 2.95. The molecule has 0 spiro atoms. The van der Waals surface area contributed by atoms with Gasteiger partial charge in [-0.15, -0.1) is 0 Å². The largest absolute Gasteiger partial charge is 0.492 e. The molecule has 0 atom stereocenters. The summed E-state index contributed by atoms with van der Waals surface area (Å²) >= 11 is 3.09. The zero-order valence-corrected chi connectivity index (χ0v) is 20.9. The summed E-state index contributed by atoms with van der Waals surface area (Å²) in [6, 6.07) is 11.3. The number of ether oxygens (including phenoxy) is 3. The Hall–Kier alpha value is -2.46. The highest BCUT2D eigenvalue weighted by Crippen LogP contribution is 2.37. The number of carbonyl (C=O) groups is 2. The van der Waals surface area contributed by atoms with Crippen LogP contribution in [0.3, 0.4) is 0 Å². The Morgan fingerprint density at radius 2 is 1.88 bits per heavy atom. The molecule has 1 fully saturated rings. The standard InChI is InChI=1S/C24H24INO5S/c1-4-11-31-22-19(25)13-17(14-20(22)29-5-2)15-21-23(27)26(24(28)32-21)10-12-30-18-8-6-16(3)7-9-18/h4,6-9,13-15H,1,5,10-12H2,2-3H3/b21-15-. The summed E-state index contributed by atoms with van der Waals surface area (Å²) in [5.74, 6) is 1.59. The van der Waals surface area contributed by atoms with Gasteiger partial charge in [0.05, 0.1) is 21.6 Å². The number of amides is 2. The second-order valence-corrected chi connectivity index (χ2v) is 9.01. The molecule has 0 saturated carbocycles. The van der Waals surface area contributed by atoms with Crippen molar-refractivity contribution in [1.29, 1.82) is 0 Å². The molecular weight excluding hydrogens is 541 g/mol. The van der Waals surface area contributed by atoms with E-state index in [-0.39, 0.29) is 24.3 Å². The molecule has 8 heteroatoms. The summed E-state index contributed by atoms with van der Waals surface area (Å²) in [5, 5.41) is -0.306. The topological polar surface area (TPSA) is 65.1 Å². The molecule has 0 N–H and O–H groups in total. The van der Waals surface area contributed by atoms with Crippen molar-refractivity contribution >= 4 is 51.6 Å². The van der Waals surface area contributed by atoms with Gasteiger partial charge in [0.1, 0.15) is 19.0 Å². The summed E-state index contributed by atoms with van der Waals surface area (Å²) in [6.07, 6.45) is 3.37. The molecule has 3 rings (SSSR count). The number of aryl methyl sites for hydroxylation is 1. The molecule has 0 aromatic heterocycles. The van der Waals surface area contributed by atoms with Crippen LogP contribution < -0.4 is 14.2 Å². The van der Waals surface area contributed by atoms with E-state index in [1.165, 1.54) is 4.90 Å². The number of imide groups is 1. The number of thioether (sulfide) groups is 1. The average molecular weight is 565 g/mol. The highest BCUT2D eigenvalue weighted by Gasteiger charge is 2.34. The number of rotatable bonds is 10. The van der Waals surface area contributed by atoms with Gasteiger partial charge in [-0.3, -0.25) is 14.5 Å². The van der Waals surface area contributed by atoms with E-state index in [0.29, 0.717) is 35.4 Å². The molecule has 1 aliphatic heterocycles. The molecule has 2 aromatic rings. The monoisotopic (exact) mass is 565 g/mol. The van der Waals surface area contributed by atoms with Crippen molar-refractivity contribution in [2.24, 2.45) is 0 Å². The highest BCUT2D eigenvalue weighted by molar-refractivity contribution is 14.1. The molecule has 1 heterocycles. The fourth-order valence-corrected chi connectivity index (χ4v) is 4.60. The molecule has 0 aliphatic carbocycles. The first-order valence-electron chi connectivity index (χ1n) is 10.1. The van der Waals surface area contributed by atoms with E-state index in [2.05, 4.69) is 29.2 Å². The van der Waals surface area contributed by atoms with Crippen molar-refractivity contribution in [2.45, 2.75) is 13.8 Å². The zero-order valence-electron chi connectivity index (χ0n) is 17.9. The van der Waals surface area contributed by atoms with Gasteiger partial charge >= 0.3 is 0 Å². The van der Waals surface area contributed by atoms with Crippen molar-refractivity contribution in [3.63, 3.8) is 0 Å². The van der Waals surface area contributed by atoms with Crippen LogP contribution in [-0.4, -0.2) is 42.4 Å². The van der Waals surface area contributed by atoms with Gasteiger partial charge < -0.3 is 14.2 Å².